The van der Waals surface area contributed by atoms with Gasteiger partial charge in [0.05, 0.1) is 0 Å². The van der Waals surface area contributed by atoms with Crippen molar-refractivity contribution in [2.75, 3.05) is 0 Å². The molecule has 0 spiro atoms. The lowest BCUT2D eigenvalue weighted by molar-refractivity contribution is -0.660. The van der Waals surface area contributed by atoms with E-state index in [1.165, 1.54) is 33.5 Å². The number of nitrogens with zero attached hydrogens (tertiary/aromatic N) is 1. The van der Waals surface area contributed by atoms with Gasteiger partial charge in [0, 0.05) is 17.2 Å². The van der Waals surface area contributed by atoms with Crippen LogP contribution in [0.1, 0.15) is 11.1 Å². The molecule has 21 heavy (non-hydrogen) atoms. The van der Waals surface area contributed by atoms with E-state index in [9.17, 15) is 0 Å². The smallest absolute Gasteiger partial charge is 0.201 e. The highest BCUT2D eigenvalue weighted by atomic mass is 14.9. The van der Waals surface area contributed by atoms with Crippen molar-refractivity contribution in [2.45, 2.75) is 13.8 Å². The molecule has 0 N–H and O–H groups in total. The quantitative estimate of drug-likeness (QED) is 0.607. The number of pyridine rings is 1. The first-order valence-corrected chi connectivity index (χ1v) is 7.28. The Morgan fingerprint density at radius 1 is 0.762 bits per heavy atom. The maximum absolute atomic E-state index is 2.27. The van der Waals surface area contributed by atoms with E-state index in [2.05, 4.69) is 92.3 Å². The monoisotopic (exact) mass is 274 g/mol. The fraction of sp³-hybridized carbons (Fsp3) is 0.150. The summed E-state index contributed by atoms with van der Waals surface area (Å²) >= 11 is 0. The molecule has 1 nitrogen and oxygen atoms in total. The molecule has 0 saturated heterocycles. The van der Waals surface area contributed by atoms with Crippen molar-refractivity contribution in [3.05, 3.63) is 78.0 Å². The predicted octanol–water partition coefficient (Wildman–Crippen LogP) is 4.46. The minimum Gasteiger partial charge on any atom is -0.201 e. The standard InChI is InChI=1S/C20H20N/c1-15-9-12-20(21(3)14-15)19-11-10-18(13-16(19)2)17-7-5-4-6-8-17/h4-14H,1-3H3/q+1. The van der Waals surface area contributed by atoms with Gasteiger partial charge in [0.1, 0.15) is 7.05 Å². The van der Waals surface area contributed by atoms with Gasteiger partial charge in [-0.15, -0.1) is 0 Å². The van der Waals surface area contributed by atoms with E-state index in [4.69, 9.17) is 0 Å². The van der Waals surface area contributed by atoms with E-state index in [0.717, 1.165) is 0 Å². The normalized spacial score (nSPS) is 10.6. The van der Waals surface area contributed by atoms with E-state index in [1.54, 1.807) is 0 Å². The summed E-state index contributed by atoms with van der Waals surface area (Å²) in [5.74, 6) is 0. The molecule has 0 amide bonds. The third-order valence-electron chi connectivity index (χ3n) is 3.89. The van der Waals surface area contributed by atoms with Crippen LogP contribution in [0.5, 0.6) is 0 Å². The van der Waals surface area contributed by atoms with Crippen molar-refractivity contribution in [2.24, 2.45) is 7.05 Å². The summed E-state index contributed by atoms with van der Waals surface area (Å²) < 4.78 is 2.19. The third kappa shape index (κ3) is 2.73. The number of benzene rings is 2. The van der Waals surface area contributed by atoms with Crippen LogP contribution in [0.15, 0.2) is 66.9 Å². The molecule has 0 bridgehead atoms. The number of rotatable bonds is 2. The summed E-state index contributed by atoms with van der Waals surface area (Å²) in [6.07, 6.45) is 2.17. The van der Waals surface area contributed by atoms with E-state index >= 15 is 0 Å². The second-order valence-electron chi connectivity index (χ2n) is 5.60. The zero-order valence-corrected chi connectivity index (χ0v) is 12.8. The van der Waals surface area contributed by atoms with Crippen LogP contribution < -0.4 is 4.57 Å². The molecule has 1 heterocycles. The van der Waals surface area contributed by atoms with Crippen molar-refractivity contribution >= 4 is 0 Å². The maximum Gasteiger partial charge on any atom is 0.212 e. The Kier molecular flexibility index (Phi) is 3.57. The maximum atomic E-state index is 2.27. The largest absolute Gasteiger partial charge is 0.212 e. The molecular weight excluding hydrogens is 254 g/mol. The van der Waals surface area contributed by atoms with Crippen LogP contribution >= 0.6 is 0 Å². The van der Waals surface area contributed by atoms with Crippen molar-refractivity contribution in [3.63, 3.8) is 0 Å². The van der Waals surface area contributed by atoms with E-state index in [-0.39, 0.29) is 0 Å². The van der Waals surface area contributed by atoms with Crippen molar-refractivity contribution in [3.8, 4) is 22.4 Å². The lowest BCUT2D eigenvalue weighted by Gasteiger charge is -2.08. The number of hydrogen-bond acceptors (Lipinski definition) is 0. The first-order valence-electron chi connectivity index (χ1n) is 7.28. The molecule has 0 fully saturated rings. The highest BCUT2D eigenvalue weighted by molar-refractivity contribution is 5.70. The van der Waals surface area contributed by atoms with Gasteiger partial charge in [0.15, 0.2) is 6.20 Å². The summed E-state index contributed by atoms with van der Waals surface area (Å²) in [6.45, 7) is 4.30. The number of aryl methyl sites for hydroxylation is 3. The van der Waals surface area contributed by atoms with E-state index in [0.29, 0.717) is 0 Å². The summed E-state index contributed by atoms with van der Waals surface area (Å²) in [7, 11) is 2.10. The van der Waals surface area contributed by atoms with Crippen LogP contribution in [-0.2, 0) is 7.05 Å². The summed E-state index contributed by atoms with van der Waals surface area (Å²) in [6, 6.07) is 21.6. The Morgan fingerprint density at radius 3 is 2.19 bits per heavy atom. The molecule has 3 aromatic rings. The molecule has 0 aliphatic heterocycles. The fourth-order valence-electron chi connectivity index (χ4n) is 2.79. The first kappa shape index (κ1) is 13.6. The molecule has 0 radical (unpaired) electrons. The topological polar surface area (TPSA) is 3.88 Å². The van der Waals surface area contributed by atoms with Gasteiger partial charge in [-0.05, 0) is 42.7 Å². The SMILES string of the molecule is Cc1ccc(-c2ccc(-c3ccccc3)cc2C)[n+](C)c1. The van der Waals surface area contributed by atoms with Crippen molar-refractivity contribution < 1.29 is 4.57 Å². The van der Waals surface area contributed by atoms with E-state index in [1.807, 2.05) is 0 Å². The molecule has 1 heteroatoms. The zero-order valence-electron chi connectivity index (χ0n) is 12.8. The second kappa shape index (κ2) is 5.53. The van der Waals surface area contributed by atoms with Gasteiger partial charge in [-0.3, -0.25) is 0 Å². The summed E-state index contributed by atoms with van der Waals surface area (Å²) in [5, 5.41) is 0. The minimum atomic E-state index is 1.25. The molecule has 0 unspecified atom stereocenters. The van der Waals surface area contributed by atoms with Gasteiger partial charge in [0.2, 0.25) is 5.69 Å². The molecule has 1 aromatic heterocycles. The van der Waals surface area contributed by atoms with Crippen LogP contribution in [0.2, 0.25) is 0 Å². The Bertz CT molecular complexity index is 773. The average Bonchev–Trinajstić information content (AvgIpc) is 2.49. The van der Waals surface area contributed by atoms with Crippen LogP contribution in [0.25, 0.3) is 22.4 Å². The molecule has 3 rings (SSSR count). The van der Waals surface area contributed by atoms with Gasteiger partial charge in [-0.1, -0.05) is 42.5 Å². The number of hydrogen-bond donors (Lipinski definition) is 0. The van der Waals surface area contributed by atoms with Gasteiger partial charge >= 0.3 is 0 Å². The van der Waals surface area contributed by atoms with Crippen molar-refractivity contribution in [1.82, 2.24) is 0 Å². The lowest BCUT2D eigenvalue weighted by Crippen LogP contribution is -2.31. The predicted molar refractivity (Wildman–Crippen MR) is 88.0 cm³/mol. The minimum absolute atomic E-state index is 1.25. The Hall–Kier alpha value is -2.41. The van der Waals surface area contributed by atoms with Gasteiger partial charge in [-0.25, -0.2) is 4.57 Å². The highest BCUT2D eigenvalue weighted by Crippen LogP contribution is 2.26. The Morgan fingerprint density at radius 2 is 1.52 bits per heavy atom. The zero-order chi connectivity index (χ0) is 14.8. The number of aromatic nitrogens is 1. The average molecular weight is 274 g/mol. The van der Waals surface area contributed by atoms with Gasteiger partial charge < -0.3 is 0 Å². The lowest BCUT2D eigenvalue weighted by atomic mass is 9.98. The van der Waals surface area contributed by atoms with Crippen LogP contribution in [-0.4, -0.2) is 0 Å². The molecule has 0 aliphatic rings. The molecule has 0 atom stereocenters. The third-order valence-corrected chi connectivity index (χ3v) is 3.89. The summed E-state index contributed by atoms with van der Waals surface area (Å²) in [5.41, 5.74) is 7.65. The van der Waals surface area contributed by atoms with Gasteiger partial charge in [0.25, 0.3) is 0 Å². The molecule has 0 saturated carbocycles. The fourth-order valence-corrected chi connectivity index (χ4v) is 2.79. The van der Waals surface area contributed by atoms with Crippen LogP contribution in [0, 0.1) is 13.8 Å². The van der Waals surface area contributed by atoms with Crippen LogP contribution in [0.4, 0.5) is 0 Å². The highest BCUT2D eigenvalue weighted by Gasteiger charge is 2.12. The van der Waals surface area contributed by atoms with Crippen LogP contribution in [0.3, 0.4) is 0 Å². The molecule has 104 valence electrons. The van der Waals surface area contributed by atoms with Gasteiger partial charge in [-0.2, -0.15) is 0 Å². The summed E-state index contributed by atoms with van der Waals surface area (Å²) in [4.78, 5) is 0. The first-order chi connectivity index (χ1) is 10.1. The molecular formula is C20H20N+. The van der Waals surface area contributed by atoms with E-state index < -0.39 is 0 Å². The molecule has 0 aliphatic carbocycles. The Balaban J connectivity index is 2.06. The molecule has 2 aromatic carbocycles. The van der Waals surface area contributed by atoms with Crippen molar-refractivity contribution in [1.29, 1.82) is 0 Å². The second-order valence-corrected chi connectivity index (χ2v) is 5.60. The Labute approximate surface area is 126 Å².